The predicted octanol–water partition coefficient (Wildman–Crippen LogP) is 5.01. The molecule has 0 spiro atoms. The molecule has 1 N–H and O–H groups in total. The number of alkyl halides is 3. The normalized spacial score (nSPS) is 11.8. The summed E-state index contributed by atoms with van der Waals surface area (Å²) in [6.45, 7) is -0.968. The Bertz CT molecular complexity index is 1250. The third-order valence-corrected chi connectivity index (χ3v) is 6.63. The number of anilines is 1. The molecule has 0 radical (unpaired) electrons. The molecule has 0 aliphatic carbocycles. The maximum Gasteiger partial charge on any atom is 0.416 e. The highest BCUT2D eigenvalue weighted by Crippen LogP contribution is 2.30. The Kier molecular flexibility index (Phi) is 7.28. The zero-order valence-electron chi connectivity index (χ0n) is 16.8. The van der Waals surface area contributed by atoms with E-state index in [9.17, 15) is 30.8 Å². The molecule has 0 saturated heterocycles. The molecule has 11 heteroatoms. The molecule has 3 rings (SSSR count). The zero-order chi connectivity index (χ0) is 24.2. The van der Waals surface area contributed by atoms with E-state index >= 15 is 0 Å². The van der Waals surface area contributed by atoms with Gasteiger partial charge in [0.25, 0.3) is 10.0 Å². The number of halogens is 5. The summed E-state index contributed by atoms with van der Waals surface area (Å²) >= 11 is 5.79. The van der Waals surface area contributed by atoms with Gasteiger partial charge in [-0.1, -0.05) is 41.9 Å². The number of hydrogen-bond donors (Lipinski definition) is 1. The Hall–Kier alpha value is -3.11. The van der Waals surface area contributed by atoms with Crippen molar-refractivity contribution in [2.24, 2.45) is 0 Å². The number of nitrogens with zero attached hydrogens (tertiary/aromatic N) is 1. The average Bonchev–Trinajstić information content (AvgIpc) is 2.78. The van der Waals surface area contributed by atoms with Crippen molar-refractivity contribution in [3.8, 4) is 0 Å². The highest BCUT2D eigenvalue weighted by Gasteiger charge is 2.30. The molecule has 0 saturated carbocycles. The van der Waals surface area contributed by atoms with Gasteiger partial charge in [-0.15, -0.1) is 0 Å². The summed E-state index contributed by atoms with van der Waals surface area (Å²) in [7, 11) is -4.25. The third kappa shape index (κ3) is 6.02. The highest BCUT2D eigenvalue weighted by molar-refractivity contribution is 7.92. The van der Waals surface area contributed by atoms with Crippen molar-refractivity contribution < 1.29 is 30.8 Å². The van der Waals surface area contributed by atoms with E-state index in [1.807, 2.05) is 0 Å². The Balaban J connectivity index is 1.84. The molecular weight excluding hydrogens is 484 g/mol. The van der Waals surface area contributed by atoms with Gasteiger partial charge >= 0.3 is 6.18 Å². The van der Waals surface area contributed by atoms with Crippen LogP contribution in [0, 0.1) is 5.82 Å². The summed E-state index contributed by atoms with van der Waals surface area (Å²) in [5, 5.41) is 2.07. The van der Waals surface area contributed by atoms with Crippen LogP contribution in [0.3, 0.4) is 0 Å². The lowest BCUT2D eigenvalue weighted by molar-refractivity contribution is -0.137. The smallest absolute Gasteiger partial charge is 0.350 e. The maximum atomic E-state index is 13.6. The first-order valence-electron chi connectivity index (χ1n) is 9.44. The monoisotopic (exact) mass is 500 g/mol. The van der Waals surface area contributed by atoms with Crippen LogP contribution in [0.25, 0.3) is 0 Å². The standard InChI is InChI=1S/C22H17ClF4N2O3S/c23-19-12-17(9-10-20(19)24)29(33(31,32)18-7-2-1-3-8-18)14-21(30)28-13-15-5-4-6-16(11-15)22(25,26)27/h1-12H,13-14H2,(H,28,30). The predicted molar refractivity (Wildman–Crippen MR) is 116 cm³/mol. The van der Waals surface area contributed by atoms with Crippen LogP contribution in [0.2, 0.25) is 5.02 Å². The summed E-state index contributed by atoms with van der Waals surface area (Å²) in [6.07, 6.45) is -4.54. The first-order chi connectivity index (χ1) is 15.5. The van der Waals surface area contributed by atoms with Crippen molar-refractivity contribution in [3.05, 3.63) is 94.8 Å². The molecule has 0 atom stereocenters. The minimum atomic E-state index is -4.54. The van der Waals surface area contributed by atoms with Crippen molar-refractivity contribution in [3.63, 3.8) is 0 Å². The molecule has 174 valence electrons. The van der Waals surface area contributed by atoms with Gasteiger partial charge in [0.1, 0.15) is 12.4 Å². The van der Waals surface area contributed by atoms with Gasteiger partial charge in [-0.2, -0.15) is 13.2 Å². The lowest BCUT2D eigenvalue weighted by Crippen LogP contribution is -2.40. The Morgan fingerprint density at radius 2 is 1.67 bits per heavy atom. The first-order valence-corrected chi connectivity index (χ1v) is 11.3. The number of nitrogens with one attached hydrogen (secondary N) is 1. The van der Waals surface area contributed by atoms with E-state index < -0.39 is 40.0 Å². The minimum absolute atomic E-state index is 0.0560. The van der Waals surface area contributed by atoms with Crippen LogP contribution in [0.15, 0.2) is 77.7 Å². The molecule has 1 amide bonds. The van der Waals surface area contributed by atoms with E-state index in [0.717, 1.165) is 34.6 Å². The van der Waals surface area contributed by atoms with Gasteiger partial charge in [0.15, 0.2) is 0 Å². The molecule has 5 nitrogen and oxygen atoms in total. The van der Waals surface area contributed by atoms with Gasteiger partial charge in [-0.25, -0.2) is 12.8 Å². The molecule has 3 aromatic rings. The number of carbonyl (C=O) groups is 1. The van der Waals surface area contributed by atoms with E-state index in [4.69, 9.17) is 11.6 Å². The van der Waals surface area contributed by atoms with Crippen molar-refractivity contribution >= 4 is 33.2 Å². The lowest BCUT2D eigenvalue weighted by atomic mass is 10.1. The fraction of sp³-hybridized carbons (Fsp3) is 0.136. The van der Waals surface area contributed by atoms with Crippen LogP contribution in [0.4, 0.5) is 23.2 Å². The topological polar surface area (TPSA) is 66.5 Å². The molecule has 0 unspecified atom stereocenters. The minimum Gasteiger partial charge on any atom is -0.350 e. The quantitative estimate of drug-likeness (QED) is 0.464. The number of benzene rings is 3. The second kappa shape index (κ2) is 9.80. The number of amides is 1. The Morgan fingerprint density at radius 3 is 2.30 bits per heavy atom. The van der Waals surface area contributed by atoms with E-state index in [0.29, 0.717) is 0 Å². The third-order valence-electron chi connectivity index (χ3n) is 4.55. The van der Waals surface area contributed by atoms with Crippen LogP contribution in [0.1, 0.15) is 11.1 Å². The number of rotatable bonds is 7. The summed E-state index contributed by atoms with van der Waals surface area (Å²) in [5.41, 5.74) is -0.747. The molecule has 3 aromatic carbocycles. The van der Waals surface area contributed by atoms with Gasteiger partial charge in [-0.3, -0.25) is 9.10 Å². The molecule has 0 fully saturated rings. The number of hydrogen-bond acceptors (Lipinski definition) is 3. The summed E-state index contributed by atoms with van der Waals surface area (Å²) < 4.78 is 79.4. The fourth-order valence-corrected chi connectivity index (χ4v) is 4.53. The van der Waals surface area contributed by atoms with Crippen LogP contribution >= 0.6 is 11.6 Å². The van der Waals surface area contributed by atoms with Crippen molar-refractivity contribution in [1.82, 2.24) is 5.32 Å². The molecule has 0 aliphatic heterocycles. The Morgan fingerprint density at radius 1 is 0.970 bits per heavy atom. The highest BCUT2D eigenvalue weighted by atomic mass is 35.5. The van der Waals surface area contributed by atoms with Crippen molar-refractivity contribution in [2.45, 2.75) is 17.6 Å². The average molecular weight is 501 g/mol. The molecular formula is C22H17ClF4N2O3S. The Labute approximate surface area is 192 Å². The fourth-order valence-electron chi connectivity index (χ4n) is 2.92. The van der Waals surface area contributed by atoms with E-state index in [1.165, 1.54) is 36.4 Å². The first kappa shape index (κ1) is 24.5. The van der Waals surface area contributed by atoms with Gasteiger partial charge in [0.05, 0.1) is 21.2 Å². The van der Waals surface area contributed by atoms with Crippen LogP contribution in [0.5, 0.6) is 0 Å². The van der Waals surface area contributed by atoms with E-state index in [2.05, 4.69) is 5.32 Å². The van der Waals surface area contributed by atoms with Crippen molar-refractivity contribution in [1.29, 1.82) is 0 Å². The SMILES string of the molecule is O=C(CN(c1ccc(F)c(Cl)c1)S(=O)(=O)c1ccccc1)NCc1cccc(C(F)(F)F)c1. The molecule has 0 aromatic heterocycles. The van der Waals surface area contributed by atoms with Gasteiger partial charge in [0.2, 0.25) is 5.91 Å². The molecule has 0 aliphatic rings. The lowest BCUT2D eigenvalue weighted by Gasteiger charge is -2.24. The van der Waals surface area contributed by atoms with Crippen LogP contribution < -0.4 is 9.62 Å². The van der Waals surface area contributed by atoms with E-state index in [1.54, 1.807) is 6.07 Å². The van der Waals surface area contributed by atoms with E-state index in [-0.39, 0.29) is 27.7 Å². The second-order valence-corrected chi connectivity index (χ2v) is 9.17. The van der Waals surface area contributed by atoms with Gasteiger partial charge in [-0.05, 0) is 48.0 Å². The number of sulfonamides is 1. The zero-order valence-corrected chi connectivity index (χ0v) is 18.4. The van der Waals surface area contributed by atoms with Crippen molar-refractivity contribution in [2.75, 3.05) is 10.8 Å². The van der Waals surface area contributed by atoms with Gasteiger partial charge in [0, 0.05) is 6.54 Å². The maximum absolute atomic E-state index is 13.6. The van der Waals surface area contributed by atoms with Crippen LogP contribution in [-0.2, 0) is 27.5 Å². The summed E-state index contributed by atoms with van der Waals surface area (Å²) in [5.74, 6) is -1.56. The second-order valence-electron chi connectivity index (χ2n) is 6.90. The molecule has 0 heterocycles. The summed E-state index contributed by atoms with van der Waals surface area (Å²) in [4.78, 5) is 12.5. The summed E-state index contributed by atoms with van der Waals surface area (Å²) in [6, 6.07) is 14.8. The molecule has 33 heavy (non-hydrogen) atoms. The largest absolute Gasteiger partial charge is 0.416 e. The van der Waals surface area contributed by atoms with Gasteiger partial charge < -0.3 is 5.32 Å². The molecule has 0 bridgehead atoms. The number of carbonyl (C=O) groups excluding carboxylic acids is 1. The van der Waals surface area contributed by atoms with Crippen LogP contribution in [-0.4, -0.2) is 20.9 Å².